The Morgan fingerprint density at radius 3 is 1.20 bits per heavy atom. The lowest BCUT2D eigenvalue weighted by Crippen LogP contribution is -2.11. The minimum atomic E-state index is 0.472. The molecule has 0 N–H and O–H groups in total. The van der Waals surface area contributed by atoms with Crippen molar-refractivity contribution in [2.24, 2.45) is 0 Å². The van der Waals surface area contributed by atoms with Crippen LogP contribution in [0.15, 0.2) is 204 Å². The van der Waals surface area contributed by atoms with Gasteiger partial charge in [0.25, 0.3) is 0 Å². The lowest BCUT2D eigenvalue weighted by Gasteiger charge is -2.27. The summed E-state index contributed by atoms with van der Waals surface area (Å²) in [6.07, 6.45) is 11.1. The van der Waals surface area contributed by atoms with E-state index in [4.69, 9.17) is 23.8 Å². The molecule has 0 aliphatic rings. The van der Waals surface area contributed by atoms with Gasteiger partial charge in [-0.1, -0.05) is 91.0 Å². The van der Waals surface area contributed by atoms with Crippen molar-refractivity contribution in [3.05, 3.63) is 200 Å². The van der Waals surface area contributed by atoms with Gasteiger partial charge in [0.2, 0.25) is 0 Å². The van der Waals surface area contributed by atoms with Gasteiger partial charge in [-0.25, -0.2) is 0 Å². The molecule has 0 aliphatic heterocycles. The molecule has 7 aromatic heterocycles. The SMILES string of the molecule is N#Cc1c(-n2c3ccccc3c3c4c(ccc32)oc2ccccc24)c(-c2cccnc2)c(-c2cccnc2)c(-c2cccnc2)c1-n1c2ccccc2c2c3c(ccc21)oc1ccccc13. The number of para-hydroxylation sites is 4. The van der Waals surface area contributed by atoms with Crippen LogP contribution < -0.4 is 0 Å². The first-order valence-electron chi connectivity index (χ1n) is 21.8. The van der Waals surface area contributed by atoms with Gasteiger partial charge in [0, 0.05) is 114 Å². The summed E-state index contributed by atoms with van der Waals surface area (Å²) < 4.78 is 17.6. The summed E-state index contributed by atoms with van der Waals surface area (Å²) in [5, 5.41) is 20.6. The molecule has 7 aromatic carbocycles. The van der Waals surface area contributed by atoms with Crippen LogP contribution in [0.4, 0.5) is 0 Å². The smallest absolute Gasteiger partial charge is 0.136 e. The van der Waals surface area contributed by atoms with E-state index in [1.165, 1.54) is 0 Å². The molecule has 0 atom stereocenters. The Labute approximate surface area is 375 Å². The number of rotatable bonds is 5. The third kappa shape index (κ3) is 4.94. The van der Waals surface area contributed by atoms with Gasteiger partial charge in [0.1, 0.15) is 34.0 Å². The zero-order chi connectivity index (χ0) is 43.5. The standard InChI is InChI=1S/C58H32N6O2/c59-30-41-57(63-42-19-5-1-15-37(42)53-44(63)23-25-48-55(53)39-17-3-7-21-46(39)65-48)51(35-13-10-28-61-32-35)50(34-12-9-27-60-31-34)52(36-14-11-29-62-33-36)58(41)64-43-20-6-2-16-38(43)54-45(64)24-26-49-56(54)40-18-4-8-22-47(40)66-49/h1-29,31-33H. The van der Waals surface area contributed by atoms with Crippen molar-refractivity contribution in [1.29, 1.82) is 5.26 Å². The molecule has 0 saturated carbocycles. The van der Waals surface area contributed by atoms with E-state index < -0.39 is 0 Å². The molecule has 0 saturated heterocycles. The Bertz CT molecular complexity index is 4090. The Kier molecular flexibility index (Phi) is 7.59. The quantitative estimate of drug-likeness (QED) is 0.171. The highest BCUT2D eigenvalue weighted by molar-refractivity contribution is 6.29. The Hall–Kier alpha value is -9.32. The maximum atomic E-state index is 12.3. The molecular weight excluding hydrogens is 813 g/mol. The molecule has 306 valence electrons. The molecule has 8 heteroatoms. The molecule has 14 rings (SSSR count). The molecule has 7 heterocycles. The second-order valence-corrected chi connectivity index (χ2v) is 16.6. The predicted molar refractivity (Wildman–Crippen MR) is 264 cm³/mol. The van der Waals surface area contributed by atoms with Crippen LogP contribution >= 0.6 is 0 Å². The molecule has 0 spiro atoms. The average molecular weight is 845 g/mol. The van der Waals surface area contributed by atoms with Crippen LogP contribution in [0.5, 0.6) is 0 Å². The second kappa shape index (κ2) is 13.8. The molecule has 14 aromatic rings. The van der Waals surface area contributed by atoms with Crippen LogP contribution in [0.1, 0.15) is 5.56 Å². The van der Waals surface area contributed by atoms with Crippen molar-refractivity contribution in [2.45, 2.75) is 0 Å². The topological polar surface area (TPSA) is 98.6 Å². The van der Waals surface area contributed by atoms with Crippen molar-refractivity contribution in [3.8, 4) is 50.8 Å². The third-order valence-electron chi connectivity index (χ3n) is 13.2. The summed E-state index contributed by atoms with van der Waals surface area (Å²) in [7, 11) is 0. The zero-order valence-corrected chi connectivity index (χ0v) is 35.0. The van der Waals surface area contributed by atoms with Crippen molar-refractivity contribution < 1.29 is 8.83 Å². The number of pyridine rings is 3. The fourth-order valence-electron chi connectivity index (χ4n) is 10.7. The molecule has 66 heavy (non-hydrogen) atoms. The van der Waals surface area contributed by atoms with E-state index in [-0.39, 0.29) is 0 Å². The fraction of sp³-hybridized carbons (Fsp3) is 0. The number of aromatic nitrogens is 5. The number of hydrogen-bond donors (Lipinski definition) is 0. The highest BCUT2D eigenvalue weighted by atomic mass is 16.3. The highest BCUT2D eigenvalue weighted by Crippen LogP contribution is 2.53. The number of nitrogens with zero attached hydrogens (tertiary/aromatic N) is 6. The van der Waals surface area contributed by atoms with Gasteiger partial charge in [-0.05, 0) is 66.7 Å². The normalized spacial score (nSPS) is 11.9. The van der Waals surface area contributed by atoms with Gasteiger partial charge in [0.05, 0.1) is 33.4 Å². The van der Waals surface area contributed by atoms with Crippen molar-refractivity contribution in [2.75, 3.05) is 0 Å². The summed E-state index contributed by atoms with van der Waals surface area (Å²) in [4.78, 5) is 14.2. The second-order valence-electron chi connectivity index (χ2n) is 16.6. The highest BCUT2D eigenvalue weighted by Gasteiger charge is 2.33. The monoisotopic (exact) mass is 844 g/mol. The minimum absolute atomic E-state index is 0.472. The largest absolute Gasteiger partial charge is 0.456 e. The van der Waals surface area contributed by atoms with Crippen LogP contribution in [0.2, 0.25) is 0 Å². The van der Waals surface area contributed by atoms with Gasteiger partial charge < -0.3 is 18.0 Å². The van der Waals surface area contributed by atoms with Gasteiger partial charge in [-0.2, -0.15) is 5.26 Å². The first-order chi connectivity index (χ1) is 32.8. The van der Waals surface area contributed by atoms with E-state index in [0.717, 1.165) is 121 Å². The van der Waals surface area contributed by atoms with Crippen LogP contribution in [0, 0.1) is 11.3 Å². The van der Waals surface area contributed by atoms with Crippen LogP contribution in [0.3, 0.4) is 0 Å². The third-order valence-corrected chi connectivity index (χ3v) is 13.2. The number of benzene rings is 7. The minimum Gasteiger partial charge on any atom is -0.456 e. The van der Waals surface area contributed by atoms with Gasteiger partial charge in [-0.15, -0.1) is 0 Å². The van der Waals surface area contributed by atoms with Gasteiger partial charge >= 0.3 is 0 Å². The first kappa shape index (κ1) is 36.2. The van der Waals surface area contributed by atoms with E-state index in [0.29, 0.717) is 16.9 Å². The summed E-state index contributed by atoms with van der Waals surface area (Å²) in [5.41, 5.74) is 14.0. The molecule has 0 bridgehead atoms. The summed E-state index contributed by atoms with van der Waals surface area (Å²) in [6.45, 7) is 0. The number of furan rings is 2. The van der Waals surface area contributed by atoms with Crippen LogP contribution in [0.25, 0.3) is 132 Å². The Balaban J connectivity index is 1.28. The molecule has 0 radical (unpaired) electrons. The molecule has 0 amide bonds. The molecule has 0 unspecified atom stereocenters. The predicted octanol–water partition coefficient (Wildman–Crippen LogP) is 14.7. The van der Waals surface area contributed by atoms with Crippen LogP contribution in [-0.4, -0.2) is 24.1 Å². The molecular formula is C58H32N6O2. The van der Waals surface area contributed by atoms with E-state index >= 15 is 0 Å². The summed E-state index contributed by atoms with van der Waals surface area (Å²) in [5.74, 6) is 0. The van der Waals surface area contributed by atoms with Gasteiger partial charge in [-0.3, -0.25) is 15.0 Å². The average Bonchev–Trinajstić information content (AvgIpc) is 4.14. The van der Waals surface area contributed by atoms with Crippen molar-refractivity contribution >= 4 is 87.5 Å². The lowest BCUT2D eigenvalue weighted by molar-refractivity contribution is 0.669. The summed E-state index contributed by atoms with van der Waals surface area (Å²) in [6, 6.07) is 56.7. The van der Waals surface area contributed by atoms with Crippen molar-refractivity contribution in [1.82, 2.24) is 24.1 Å². The maximum absolute atomic E-state index is 12.3. The number of nitriles is 1. The molecule has 0 fully saturated rings. The van der Waals surface area contributed by atoms with E-state index in [2.05, 4.69) is 130 Å². The van der Waals surface area contributed by atoms with Gasteiger partial charge in [0.15, 0.2) is 0 Å². The Morgan fingerprint density at radius 2 is 0.773 bits per heavy atom. The zero-order valence-electron chi connectivity index (χ0n) is 35.0. The van der Waals surface area contributed by atoms with E-state index in [1.807, 2.05) is 61.1 Å². The van der Waals surface area contributed by atoms with Crippen LogP contribution in [-0.2, 0) is 0 Å². The van der Waals surface area contributed by atoms with Crippen molar-refractivity contribution in [3.63, 3.8) is 0 Å². The maximum Gasteiger partial charge on any atom is 0.136 e. The molecule has 8 nitrogen and oxygen atoms in total. The van der Waals surface area contributed by atoms with E-state index in [1.54, 1.807) is 18.6 Å². The summed E-state index contributed by atoms with van der Waals surface area (Å²) >= 11 is 0. The lowest BCUT2D eigenvalue weighted by atomic mass is 9.83. The van der Waals surface area contributed by atoms with E-state index in [9.17, 15) is 5.26 Å². The Morgan fingerprint density at radius 1 is 0.364 bits per heavy atom. The number of hydrogen-bond acceptors (Lipinski definition) is 6. The fourth-order valence-corrected chi connectivity index (χ4v) is 10.7. The number of fused-ring (bicyclic) bond motifs is 14. The molecule has 0 aliphatic carbocycles. The first-order valence-corrected chi connectivity index (χ1v) is 21.8.